The van der Waals surface area contributed by atoms with Gasteiger partial charge in [-0.1, -0.05) is 0 Å². The smallest absolute Gasteiger partial charge is 0.147 e. The van der Waals surface area contributed by atoms with E-state index in [9.17, 15) is 0 Å². The van der Waals surface area contributed by atoms with Gasteiger partial charge in [-0.15, -0.1) is 37.2 Å². The van der Waals surface area contributed by atoms with Gasteiger partial charge >= 0.3 is 65.6 Å². The van der Waals surface area contributed by atoms with Crippen molar-refractivity contribution < 1.29 is 17.4 Å². The molecule has 1 rings (SSSR count). The van der Waals surface area contributed by atoms with Crippen LogP contribution in [0, 0.1) is 0 Å². The summed E-state index contributed by atoms with van der Waals surface area (Å²) < 4.78 is 0.261. The molecule has 0 radical (unpaired) electrons. The first-order chi connectivity index (χ1) is 4.02. The van der Waals surface area contributed by atoms with Crippen molar-refractivity contribution >= 4 is 37.2 Å². The molecule has 4 heteroatoms. The largest absolute Gasteiger partial charge is 0.147 e. The molecule has 0 N–H and O–H groups in total. The van der Waals surface area contributed by atoms with Crippen LogP contribution in [0.15, 0.2) is 23.3 Å². The molecule has 0 amide bonds. The Hall–Kier alpha value is 0.934. The van der Waals surface area contributed by atoms with Crippen LogP contribution in [0.5, 0.6) is 0 Å². The summed E-state index contributed by atoms with van der Waals surface area (Å²) in [6.45, 7) is 6.53. The fourth-order valence-corrected chi connectivity index (χ4v) is 1.51. The Morgan fingerprint density at radius 1 is 1.17 bits per heavy atom. The van der Waals surface area contributed by atoms with Crippen LogP contribution in [0.3, 0.4) is 0 Å². The van der Waals surface area contributed by atoms with Crippen LogP contribution in [-0.4, -0.2) is 0 Å². The first-order valence-electron chi connectivity index (χ1n) is 3.13. The molecular weight excluding hydrogens is 253 g/mol. The first kappa shape index (κ1) is 18.7. The van der Waals surface area contributed by atoms with Gasteiger partial charge in [0, 0.05) is 0 Å². The Kier molecular flexibility index (Phi) is 9.95. The molecule has 0 nitrogen and oxygen atoms in total. The normalized spacial score (nSPS) is 25.6. The minimum atomic E-state index is 0. The van der Waals surface area contributed by atoms with Crippen LogP contribution in [0.1, 0.15) is 20.8 Å². The second-order valence-electron chi connectivity index (χ2n) is 2.86. The van der Waals surface area contributed by atoms with Gasteiger partial charge < -0.3 is 0 Å². The van der Waals surface area contributed by atoms with E-state index in [2.05, 4.69) is 50.3 Å². The predicted octanol–water partition coefficient (Wildman–Crippen LogP) is 3.88. The molecule has 0 spiro atoms. The Labute approximate surface area is 102 Å². The molecule has 1 aliphatic rings. The summed E-state index contributed by atoms with van der Waals surface area (Å²) in [5.74, 6) is 0. The third kappa shape index (κ3) is 4.25. The molecule has 0 aromatic rings. The third-order valence-electron chi connectivity index (χ3n) is 1.75. The Morgan fingerprint density at radius 3 is 1.67 bits per heavy atom. The molecule has 0 fully saturated rings. The van der Waals surface area contributed by atoms with Crippen molar-refractivity contribution in [3.05, 3.63) is 23.3 Å². The summed E-state index contributed by atoms with van der Waals surface area (Å²) in [5, 5.41) is 0. The van der Waals surface area contributed by atoms with E-state index in [0.29, 0.717) is 0 Å². The van der Waals surface area contributed by atoms with Crippen molar-refractivity contribution in [3.63, 3.8) is 0 Å². The quantitative estimate of drug-likeness (QED) is 0.625. The molecule has 72 valence electrons. The summed E-state index contributed by atoms with van der Waals surface area (Å²) in [5.41, 5.74) is 2.83. The molecular formula is C8H14Cl3V. The van der Waals surface area contributed by atoms with Gasteiger partial charge in [0.1, 0.15) is 0 Å². The van der Waals surface area contributed by atoms with E-state index in [4.69, 9.17) is 0 Å². The van der Waals surface area contributed by atoms with Gasteiger partial charge in [0.15, 0.2) is 0 Å². The molecule has 0 bridgehead atoms. The molecule has 0 heterocycles. The summed E-state index contributed by atoms with van der Waals surface area (Å²) in [6, 6.07) is 0. The zero-order valence-corrected chi connectivity index (χ0v) is 11.2. The Bertz CT molecular complexity index is 194. The second-order valence-corrected chi connectivity index (χ2v) is 4.31. The fraction of sp³-hybridized carbons (Fsp3) is 0.500. The number of hydrogen-bond acceptors (Lipinski definition) is 0. The van der Waals surface area contributed by atoms with Crippen molar-refractivity contribution in [1.29, 1.82) is 0 Å². The van der Waals surface area contributed by atoms with Gasteiger partial charge in [0.25, 0.3) is 0 Å². The molecule has 1 aliphatic carbocycles. The van der Waals surface area contributed by atoms with Crippen LogP contribution >= 0.6 is 37.2 Å². The molecule has 12 heavy (non-hydrogen) atoms. The van der Waals surface area contributed by atoms with Gasteiger partial charge in [-0.3, -0.25) is 0 Å². The van der Waals surface area contributed by atoms with E-state index < -0.39 is 0 Å². The molecule has 0 saturated carbocycles. The SMILES string of the molecule is CC1=C[C](C)([V])C(C)=C1.Cl.Cl.Cl. The molecule has 1 atom stereocenters. The predicted molar refractivity (Wildman–Crippen MR) is 57.6 cm³/mol. The zero-order valence-electron chi connectivity index (χ0n) is 7.33. The van der Waals surface area contributed by atoms with Gasteiger partial charge in [-0.25, -0.2) is 0 Å². The van der Waals surface area contributed by atoms with Crippen LogP contribution < -0.4 is 0 Å². The summed E-state index contributed by atoms with van der Waals surface area (Å²) in [4.78, 5) is 0. The number of rotatable bonds is 0. The standard InChI is InChI=1S/C8H11.3ClH.V/c1-6-4-7(2)8(3)5-6;;;;/h4-5H,1-3H3;3*1H;. The molecule has 0 aliphatic heterocycles. The van der Waals surface area contributed by atoms with Gasteiger partial charge in [0.2, 0.25) is 0 Å². The molecule has 1 unspecified atom stereocenters. The Morgan fingerprint density at radius 2 is 1.58 bits per heavy atom. The zero-order chi connectivity index (χ0) is 7.07. The number of hydrogen-bond donors (Lipinski definition) is 0. The van der Waals surface area contributed by atoms with Crippen molar-refractivity contribution in [2.75, 3.05) is 0 Å². The molecule has 0 saturated heterocycles. The average Bonchev–Trinajstić information content (AvgIpc) is 1.79. The van der Waals surface area contributed by atoms with E-state index >= 15 is 0 Å². The van der Waals surface area contributed by atoms with Crippen molar-refractivity contribution in [3.8, 4) is 0 Å². The Balaban J connectivity index is -0.000000270. The van der Waals surface area contributed by atoms with E-state index in [0.717, 1.165) is 0 Å². The minimum Gasteiger partial charge on any atom is -0.147 e. The maximum atomic E-state index is 2.70. The average molecular weight is 268 g/mol. The van der Waals surface area contributed by atoms with Crippen molar-refractivity contribution in [1.82, 2.24) is 0 Å². The van der Waals surface area contributed by atoms with Crippen LogP contribution in [0.2, 0.25) is 4.13 Å². The van der Waals surface area contributed by atoms with Crippen LogP contribution in [0.4, 0.5) is 0 Å². The summed E-state index contributed by atoms with van der Waals surface area (Å²) >= 11 is 2.70. The second kappa shape index (κ2) is 6.40. The first-order valence-corrected chi connectivity index (χ1v) is 3.83. The van der Waals surface area contributed by atoms with Gasteiger partial charge in [0.05, 0.1) is 0 Å². The van der Waals surface area contributed by atoms with E-state index in [-0.39, 0.29) is 41.3 Å². The fourth-order valence-electron chi connectivity index (χ4n) is 1.09. The monoisotopic (exact) mass is 266 g/mol. The maximum Gasteiger partial charge on any atom is -0.147 e. The van der Waals surface area contributed by atoms with E-state index in [1.807, 2.05) is 0 Å². The van der Waals surface area contributed by atoms with Crippen molar-refractivity contribution in [2.45, 2.75) is 24.9 Å². The summed E-state index contributed by atoms with van der Waals surface area (Å²) in [6.07, 6.45) is 4.51. The van der Waals surface area contributed by atoms with E-state index in [1.165, 1.54) is 11.1 Å². The molecule has 0 aromatic heterocycles. The minimum absolute atomic E-state index is 0. The summed E-state index contributed by atoms with van der Waals surface area (Å²) in [7, 11) is 0. The third-order valence-corrected chi connectivity index (χ3v) is 2.50. The van der Waals surface area contributed by atoms with Crippen LogP contribution in [-0.2, 0) is 17.4 Å². The number of halogens is 3. The van der Waals surface area contributed by atoms with Gasteiger partial charge in [-0.2, -0.15) is 0 Å². The van der Waals surface area contributed by atoms with E-state index in [1.54, 1.807) is 0 Å². The number of allylic oxidation sites excluding steroid dienone is 4. The van der Waals surface area contributed by atoms with Crippen molar-refractivity contribution in [2.24, 2.45) is 0 Å². The molecule has 0 aromatic carbocycles. The van der Waals surface area contributed by atoms with Gasteiger partial charge in [-0.05, 0) is 0 Å². The maximum absolute atomic E-state index is 2.70. The topological polar surface area (TPSA) is 0 Å². The van der Waals surface area contributed by atoms with Crippen LogP contribution in [0.25, 0.3) is 0 Å².